The molecule has 0 fully saturated rings. The van der Waals surface area contributed by atoms with Gasteiger partial charge in [0.1, 0.15) is 6.54 Å². The summed E-state index contributed by atoms with van der Waals surface area (Å²) < 4.78 is 3.79. The van der Waals surface area contributed by atoms with Crippen molar-refractivity contribution in [2.45, 2.75) is 32.2 Å². The molecule has 1 amide bonds. The second-order valence-electron chi connectivity index (χ2n) is 6.96. The Morgan fingerprint density at radius 2 is 1.96 bits per heavy atom. The second-order valence-corrected chi connectivity index (χ2v) is 6.96. The summed E-state index contributed by atoms with van der Waals surface area (Å²) in [6.45, 7) is -0.337. The van der Waals surface area contributed by atoms with Crippen LogP contribution in [0, 0.1) is 0 Å². The van der Waals surface area contributed by atoms with Gasteiger partial charge < -0.3 is 9.88 Å². The van der Waals surface area contributed by atoms with Gasteiger partial charge in [-0.2, -0.15) is 0 Å². The second kappa shape index (κ2) is 6.53. The fraction of sp³-hybridized carbons (Fsp3) is 0.368. The molecule has 0 atom stereocenters. The van der Waals surface area contributed by atoms with E-state index in [0.29, 0.717) is 11.2 Å². The molecular weight excluding hydrogens is 346 g/mol. The number of hydrogen-bond acceptors (Lipinski definition) is 4. The number of nitrogens with one attached hydrogen (secondary N) is 1. The SMILES string of the molecule is Cn1cnc2c1c(=O)n(CC(=O)Nc1cccc3c1CCCC3)c(=O)n2C. The third-order valence-electron chi connectivity index (χ3n) is 5.17. The fourth-order valence-electron chi connectivity index (χ4n) is 3.77. The number of carbonyl (C=O) groups is 1. The molecule has 3 aromatic rings. The summed E-state index contributed by atoms with van der Waals surface area (Å²) in [5.74, 6) is -0.394. The Morgan fingerprint density at radius 1 is 1.19 bits per heavy atom. The van der Waals surface area contributed by atoms with Crippen LogP contribution in [0.3, 0.4) is 0 Å². The van der Waals surface area contributed by atoms with E-state index in [-0.39, 0.29) is 6.54 Å². The number of fused-ring (bicyclic) bond motifs is 2. The van der Waals surface area contributed by atoms with Gasteiger partial charge in [0.15, 0.2) is 11.2 Å². The molecule has 2 heterocycles. The predicted molar refractivity (Wildman–Crippen MR) is 102 cm³/mol. The molecule has 0 unspecified atom stereocenters. The van der Waals surface area contributed by atoms with Gasteiger partial charge in [0.05, 0.1) is 6.33 Å². The maximum atomic E-state index is 12.7. The van der Waals surface area contributed by atoms with Crippen molar-refractivity contribution >= 4 is 22.8 Å². The Balaban J connectivity index is 1.68. The van der Waals surface area contributed by atoms with Crippen LogP contribution in [0.1, 0.15) is 24.0 Å². The zero-order valence-electron chi connectivity index (χ0n) is 15.4. The van der Waals surface area contributed by atoms with Crippen LogP contribution in [-0.4, -0.2) is 24.6 Å². The van der Waals surface area contributed by atoms with Crippen LogP contribution in [-0.2, 0) is 38.3 Å². The third-order valence-corrected chi connectivity index (χ3v) is 5.17. The first kappa shape index (κ1) is 17.3. The highest BCUT2D eigenvalue weighted by molar-refractivity contribution is 5.91. The normalized spacial score (nSPS) is 13.6. The minimum Gasteiger partial charge on any atom is -0.328 e. The lowest BCUT2D eigenvalue weighted by Gasteiger charge is -2.19. The molecule has 4 rings (SSSR count). The molecule has 140 valence electrons. The van der Waals surface area contributed by atoms with E-state index in [9.17, 15) is 14.4 Å². The number of rotatable bonds is 3. The third kappa shape index (κ3) is 2.87. The molecule has 0 saturated carbocycles. The number of anilines is 1. The molecular formula is C19H21N5O3. The number of aryl methyl sites for hydroxylation is 3. The number of carbonyl (C=O) groups excluding carboxylic acids is 1. The first-order chi connectivity index (χ1) is 13.0. The highest BCUT2D eigenvalue weighted by atomic mass is 16.2. The lowest BCUT2D eigenvalue weighted by atomic mass is 9.90. The van der Waals surface area contributed by atoms with Crippen LogP contribution in [0.25, 0.3) is 11.2 Å². The maximum Gasteiger partial charge on any atom is 0.332 e. The molecule has 27 heavy (non-hydrogen) atoms. The first-order valence-electron chi connectivity index (χ1n) is 8.99. The van der Waals surface area contributed by atoms with Gasteiger partial charge in [0, 0.05) is 19.8 Å². The molecule has 1 N–H and O–H groups in total. The van der Waals surface area contributed by atoms with Crippen LogP contribution in [0.15, 0.2) is 34.1 Å². The zero-order valence-corrected chi connectivity index (χ0v) is 15.4. The summed E-state index contributed by atoms with van der Waals surface area (Å²) in [5, 5.41) is 2.88. The predicted octanol–water partition coefficient (Wildman–Crippen LogP) is 0.951. The molecule has 2 aromatic heterocycles. The van der Waals surface area contributed by atoms with E-state index in [1.165, 1.54) is 16.5 Å². The van der Waals surface area contributed by atoms with E-state index in [1.807, 2.05) is 12.1 Å². The van der Waals surface area contributed by atoms with Crippen LogP contribution in [0.2, 0.25) is 0 Å². The van der Waals surface area contributed by atoms with Crippen molar-refractivity contribution in [3.05, 3.63) is 56.5 Å². The summed E-state index contributed by atoms with van der Waals surface area (Å²) in [6, 6.07) is 5.88. The van der Waals surface area contributed by atoms with E-state index in [2.05, 4.69) is 16.4 Å². The summed E-state index contributed by atoms with van der Waals surface area (Å²) in [6.07, 6.45) is 5.66. The van der Waals surface area contributed by atoms with Crippen LogP contribution in [0.4, 0.5) is 5.69 Å². The van der Waals surface area contributed by atoms with Gasteiger partial charge in [-0.1, -0.05) is 12.1 Å². The van der Waals surface area contributed by atoms with Crippen molar-refractivity contribution in [2.75, 3.05) is 5.32 Å². The fourth-order valence-corrected chi connectivity index (χ4v) is 3.77. The molecule has 0 aliphatic heterocycles. The van der Waals surface area contributed by atoms with Gasteiger partial charge in [-0.25, -0.2) is 14.3 Å². The van der Waals surface area contributed by atoms with Gasteiger partial charge >= 0.3 is 5.69 Å². The lowest BCUT2D eigenvalue weighted by Crippen LogP contribution is -2.42. The van der Waals surface area contributed by atoms with E-state index in [0.717, 1.165) is 41.5 Å². The van der Waals surface area contributed by atoms with E-state index in [4.69, 9.17) is 0 Å². The van der Waals surface area contributed by atoms with Gasteiger partial charge in [0.25, 0.3) is 5.56 Å². The molecule has 0 bridgehead atoms. The topological polar surface area (TPSA) is 90.9 Å². The largest absolute Gasteiger partial charge is 0.332 e. The smallest absolute Gasteiger partial charge is 0.328 e. The monoisotopic (exact) mass is 367 g/mol. The van der Waals surface area contributed by atoms with Crippen LogP contribution in [0.5, 0.6) is 0 Å². The number of nitrogens with zero attached hydrogens (tertiary/aromatic N) is 4. The quantitative estimate of drug-likeness (QED) is 0.746. The minimum absolute atomic E-state index is 0.294. The van der Waals surface area contributed by atoms with E-state index in [1.54, 1.807) is 18.7 Å². The average Bonchev–Trinajstić information content (AvgIpc) is 3.05. The summed E-state index contributed by atoms with van der Waals surface area (Å²) in [7, 11) is 3.22. The lowest BCUT2D eigenvalue weighted by molar-refractivity contribution is -0.116. The van der Waals surface area contributed by atoms with Crippen molar-refractivity contribution in [3.63, 3.8) is 0 Å². The number of imidazole rings is 1. The zero-order chi connectivity index (χ0) is 19.1. The average molecular weight is 367 g/mol. The molecule has 1 aliphatic carbocycles. The number of hydrogen-bond donors (Lipinski definition) is 1. The Bertz CT molecular complexity index is 1170. The summed E-state index contributed by atoms with van der Waals surface area (Å²) in [5.41, 5.74) is 2.70. The summed E-state index contributed by atoms with van der Waals surface area (Å²) >= 11 is 0. The number of benzene rings is 1. The highest BCUT2D eigenvalue weighted by Gasteiger charge is 2.18. The van der Waals surface area contributed by atoms with Gasteiger partial charge in [-0.3, -0.25) is 14.2 Å². The Hall–Kier alpha value is -3.16. The molecule has 8 nitrogen and oxygen atoms in total. The number of aromatic nitrogens is 4. The minimum atomic E-state index is -0.559. The maximum absolute atomic E-state index is 12.7. The van der Waals surface area contributed by atoms with Crippen molar-refractivity contribution < 1.29 is 4.79 Å². The molecule has 1 aliphatic rings. The van der Waals surface area contributed by atoms with Crippen molar-refractivity contribution in [1.29, 1.82) is 0 Å². The van der Waals surface area contributed by atoms with Crippen molar-refractivity contribution in [1.82, 2.24) is 18.7 Å². The van der Waals surface area contributed by atoms with Crippen molar-refractivity contribution in [3.8, 4) is 0 Å². The molecule has 0 radical (unpaired) electrons. The Labute approximate surface area is 155 Å². The van der Waals surface area contributed by atoms with Crippen LogP contribution < -0.4 is 16.6 Å². The van der Waals surface area contributed by atoms with E-state index >= 15 is 0 Å². The van der Waals surface area contributed by atoms with Crippen molar-refractivity contribution in [2.24, 2.45) is 14.1 Å². The molecule has 0 spiro atoms. The van der Waals surface area contributed by atoms with E-state index < -0.39 is 17.2 Å². The molecule has 0 saturated heterocycles. The Morgan fingerprint density at radius 3 is 2.78 bits per heavy atom. The van der Waals surface area contributed by atoms with Crippen LogP contribution >= 0.6 is 0 Å². The standard InChI is InChI=1S/C19H21N5O3/c1-22-11-20-17-16(22)18(26)24(19(27)23(17)2)10-15(25)21-14-9-5-7-12-6-3-4-8-13(12)14/h5,7,9,11H,3-4,6,8,10H2,1-2H3,(H,21,25). The van der Waals surface area contributed by atoms with Gasteiger partial charge in [-0.05, 0) is 42.9 Å². The first-order valence-corrected chi connectivity index (χ1v) is 8.99. The molecule has 1 aromatic carbocycles. The Kier molecular flexibility index (Phi) is 4.18. The van der Waals surface area contributed by atoms with Gasteiger partial charge in [-0.15, -0.1) is 0 Å². The molecule has 8 heteroatoms. The highest BCUT2D eigenvalue weighted by Crippen LogP contribution is 2.27. The van der Waals surface area contributed by atoms with Gasteiger partial charge in [0.2, 0.25) is 5.91 Å². The number of amides is 1. The summed E-state index contributed by atoms with van der Waals surface area (Å²) in [4.78, 5) is 41.9.